The molecule has 1 N–H and O–H groups in total. The first-order chi connectivity index (χ1) is 16.9. The minimum absolute atomic E-state index is 0.0218. The van der Waals surface area contributed by atoms with Gasteiger partial charge in [0.25, 0.3) is 0 Å². The van der Waals surface area contributed by atoms with Gasteiger partial charge in [-0.3, -0.25) is 19.6 Å². The van der Waals surface area contributed by atoms with Crippen molar-refractivity contribution in [3.8, 4) is 5.75 Å². The van der Waals surface area contributed by atoms with Gasteiger partial charge in [0.05, 0.1) is 41.2 Å². The van der Waals surface area contributed by atoms with Gasteiger partial charge in [-0.15, -0.1) is 0 Å². The number of carboxylic acid groups (broad SMARTS) is 1. The van der Waals surface area contributed by atoms with E-state index in [0.29, 0.717) is 49.1 Å². The number of halogens is 1. The van der Waals surface area contributed by atoms with Crippen LogP contribution < -0.4 is 4.74 Å². The summed E-state index contributed by atoms with van der Waals surface area (Å²) in [5, 5.41) is 10.2. The topological polar surface area (TPSA) is 92.6 Å². The normalized spacial score (nSPS) is 19.4. The lowest BCUT2D eigenvalue weighted by Crippen LogP contribution is -2.45. The summed E-state index contributed by atoms with van der Waals surface area (Å²) in [6.45, 7) is 1.67. The third-order valence-electron chi connectivity index (χ3n) is 6.67. The molecular weight excluding hydrogens is 469 g/mol. The summed E-state index contributed by atoms with van der Waals surface area (Å²) < 4.78 is 19.9. The zero-order valence-electron chi connectivity index (χ0n) is 19.4. The predicted octanol–water partition coefficient (Wildman–Crippen LogP) is 4.43. The maximum Gasteiger partial charge on any atom is 0.308 e. The first-order valence-electron chi connectivity index (χ1n) is 11.6. The molecule has 7 nitrogen and oxygen atoms in total. The summed E-state index contributed by atoms with van der Waals surface area (Å²) in [5.41, 5.74) is 1.33. The number of pyridine rings is 2. The number of Topliss-reactive ketones (excluding diaryl/α,β-unsaturated/α-hetero) is 1. The Morgan fingerprint density at radius 3 is 2.83 bits per heavy atom. The van der Waals surface area contributed by atoms with Crippen molar-refractivity contribution >= 4 is 35.3 Å². The zero-order valence-corrected chi connectivity index (χ0v) is 20.3. The average molecular weight is 498 g/mol. The molecule has 0 aliphatic carbocycles. The highest BCUT2D eigenvalue weighted by molar-refractivity contribution is 7.80. The van der Waals surface area contributed by atoms with Gasteiger partial charge in [0.2, 0.25) is 0 Å². The van der Waals surface area contributed by atoms with Crippen LogP contribution in [0.3, 0.4) is 0 Å². The van der Waals surface area contributed by atoms with Crippen LogP contribution in [0.1, 0.15) is 40.6 Å². The summed E-state index contributed by atoms with van der Waals surface area (Å²) in [5.74, 6) is -2.21. The number of fused-ring (bicyclic) bond motifs is 1. The van der Waals surface area contributed by atoms with Crippen LogP contribution in [0, 0.1) is 17.7 Å². The van der Waals surface area contributed by atoms with E-state index in [0.717, 1.165) is 11.9 Å². The van der Waals surface area contributed by atoms with Crippen LogP contribution in [0.2, 0.25) is 0 Å². The van der Waals surface area contributed by atoms with Crippen molar-refractivity contribution in [2.24, 2.45) is 11.8 Å². The number of likely N-dealkylation sites (tertiary alicyclic amines) is 1. The highest BCUT2D eigenvalue weighted by Gasteiger charge is 2.35. The van der Waals surface area contributed by atoms with E-state index in [2.05, 4.69) is 27.5 Å². The number of hydrogen-bond donors (Lipinski definition) is 2. The molecule has 1 aliphatic heterocycles. The van der Waals surface area contributed by atoms with E-state index in [1.54, 1.807) is 24.4 Å². The Morgan fingerprint density at radius 2 is 2.11 bits per heavy atom. The Balaban J connectivity index is 1.43. The lowest BCUT2D eigenvalue weighted by atomic mass is 9.81. The fourth-order valence-electron chi connectivity index (χ4n) is 4.77. The van der Waals surface area contributed by atoms with Crippen LogP contribution in [0.4, 0.5) is 4.39 Å². The van der Waals surface area contributed by atoms with E-state index in [1.165, 1.54) is 7.11 Å². The van der Waals surface area contributed by atoms with Crippen molar-refractivity contribution in [2.45, 2.75) is 24.5 Å². The summed E-state index contributed by atoms with van der Waals surface area (Å²) in [6.07, 6.45) is 3.84. The maximum atomic E-state index is 14.7. The molecule has 35 heavy (non-hydrogen) atoms. The Hall–Kier alpha value is -3.04. The molecule has 9 heteroatoms. The minimum Gasteiger partial charge on any atom is -0.497 e. The van der Waals surface area contributed by atoms with Crippen LogP contribution in [0.5, 0.6) is 5.75 Å². The third-order valence-corrected chi connectivity index (χ3v) is 7.10. The molecule has 0 saturated carbocycles. The Labute approximate surface area is 208 Å². The summed E-state index contributed by atoms with van der Waals surface area (Å²) in [7, 11) is 1.50. The smallest absolute Gasteiger partial charge is 0.308 e. The van der Waals surface area contributed by atoms with Crippen molar-refractivity contribution in [3.63, 3.8) is 0 Å². The van der Waals surface area contributed by atoms with Gasteiger partial charge in [0.15, 0.2) is 11.6 Å². The molecule has 1 saturated heterocycles. The van der Waals surface area contributed by atoms with Crippen LogP contribution in [-0.2, 0) is 4.79 Å². The highest BCUT2D eigenvalue weighted by Crippen LogP contribution is 2.32. The molecule has 0 bridgehead atoms. The molecule has 1 unspecified atom stereocenters. The predicted molar refractivity (Wildman–Crippen MR) is 133 cm³/mol. The number of aliphatic carboxylic acids is 1. The molecule has 1 aliphatic rings. The molecule has 1 aromatic carbocycles. The molecule has 0 radical (unpaired) electrons. The molecule has 3 heterocycles. The summed E-state index contributed by atoms with van der Waals surface area (Å²) in [4.78, 5) is 35.6. The van der Waals surface area contributed by atoms with Gasteiger partial charge >= 0.3 is 5.97 Å². The van der Waals surface area contributed by atoms with Gasteiger partial charge in [0, 0.05) is 31.1 Å². The average Bonchev–Trinajstić information content (AvgIpc) is 2.87. The highest BCUT2D eigenvalue weighted by atomic mass is 32.1. The number of nitrogens with zero attached hydrogens (tertiary/aromatic N) is 3. The molecule has 3 aromatic rings. The molecule has 3 atom stereocenters. The van der Waals surface area contributed by atoms with Gasteiger partial charge in [-0.05, 0) is 55.6 Å². The zero-order chi connectivity index (χ0) is 24.9. The Kier molecular flexibility index (Phi) is 7.97. The number of hydrogen-bond acceptors (Lipinski definition) is 7. The van der Waals surface area contributed by atoms with Crippen LogP contribution in [0.15, 0.2) is 48.8 Å². The van der Waals surface area contributed by atoms with E-state index in [9.17, 15) is 19.1 Å². The molecule has 0 spiro atoms. The SMILES string of the molecule is COc1ccc2ncc(F)c(C(=O)CC[C@H]3CCN(CC(S)c4ccccn4)C[C@H]3C(=O)O)c2c1. The number of carbonyl (C=O) groups excluding carboxylic acids is 1. The standard InChI is InChI=1S/C26H28FN3O4S/c1-34-17-6-7-21-18(12-17)25(20(27)13-29-21)23(31)8-5-16-9-11-30(14-19(16)26(32)33)15-24(35)22-4-2-3-10-28-22/h2-4,6-7,10,12-13,16,19,24,35H,5,8-9,11,14-15H2,1H3,(H,32,33)/t16-,19+,24?/m0/s1. The number of carbonyl (C=O) groups is 2. The number of rotatable bonds is 9. The van der Waals surface area contributed by atoms with Gasteiger partial charge in [0.1, 0.15) is 5.75 Å². The fraction of sp³-hybridized carbons (Fsp3) is 0.385. The monoisotopic (exact) mass is 497 g/mol. The number of ketones is 1. The van der Waals surface area contributed by atoms with E-state index >= 15 is 0 Å². The Bertz CT molecular complexity index is 1210. The molecule has 1 fully saturated rings. The van der Waals surface area contributed by atoms with E-state index < -0.39 is 17.7 Å². The van der Waals surface area contributed by atoms with E-state index in [-0.39, 0.29) is 28.9 Å². The number of methoxy groups -OCH3 is 1. The van der Waals surface area contributed by atoms with E-state index in [4.69, 9.17) is 4.74 Å². The first kappa shape index (κ1) is 25.1. The molecule has 184 valence electrons. The first-order valence-corrected chi connectivity index (χ1v) is 12.1. The van der Waals surface area contributed by atoms with Crippen molar-refractivity contribution in [1.82, 2.24) is 14.9 Å². The lowest BCUT2D eigenvalue weighted by molar-refractivity contribution is -0.146. The maximum absolute atomic E-state index is 14.7. The fourth-order valence-corrected chi connectivity index (χ4v) is 5.15. The molecule has 4 rings (SSSR count). The quantitative estimate of drug-likeness (QED) is 0.334. The van der Waals surface area contributed by atoms with Gasteiger partial charge in [-0.25, -0.2) is 4.39 Å². The van der Waals surface area contributed by atoms with Gasteiger partial charge < -0.3 is 14.7 Å². The van der Waals surface area contributed by atoms with Gasteiger partial charge in [-0.2, -0.15) is 12.6 Å². The number of benzene rings is 1. The molecule has 0 amide bonds. The second-order valence-corrected chi connectivity index (χ2v) is 9.47. The van der Waals surface area contributed by atoms with Crippen LogP contribution >= 0.6 is 12.6 Å². The minimum atomic E-state index is -0.883. The largest absolute Gasteiger partial charge is 0.497 e. The number of piperidine rings is 1. The van der Waals surface area contributed by atoms with Crippen molar-refractivity contribution in [2.75, 3.05) is 26.7 Å². The van der Waals surface area contributed by atoms with Crippen molar-refractivity contribution in [1.29, 1.82) is 0 Å². The third kappa shape index (κ3) is 5.79. The number of thiol groups is 1. The number of carboxylic acids is 1. The number of ether oxygens (including phenoxy) is 1. The van der Waals surface area contributed by atoms with Crippen LogP contribution in [-0.4, -0.2) is 58.5 Å². The number of aromatic nitrogens is 2. The lowest BCUT2D eigenvalue weighted by Gasteiger charge is -2.37. The second-order valence-electron chi connectivity index (χ2n) is 8.85. The van der Waals surface area contributed by atoms with Gasteiger partial charge in [-0.1, -0.05) is 6.07 Å². The second kappa shape index (κ2) is 11.1. The Morgan fingerprint density at radius 1 is 1.29 bits per heavy atom. The summed E-state index contributed by atoms with van der Waals surface area (Å²) in [6, 6.07) is 10.6. The molecule has 2 aromatic heterocycles. The van der Waals surface area contributed by atoms with E-state index in [1.807, 2.05) is 18.2 Å². The van der Waals surface area contributed by atoms with Crippen LogP contribution in [0.25, 0.3) is 10.9 Å². The van der Waals surface area contributed by atoms with Crippen molar-refractivity contribution in [3.05, 3.63) is 65.9 Å². The summed E-state index contributed by atoms with van der Waals surface area (Å²) >= 11 is 4.65. The van der Waals surface area contributed by atoms with Crippen molar-refractivity contribution < 1.29 is 23.8 Å². The molecular formula is C26H28FN3O4S.